The molecule has 0 amide bonds. The first-order valence-corrected chi connectivity index (χ1v) is 6.36. The third-order valence-corrected chi connectivity index (χ3v) is 3.84. The van der Waals surface area contributed by atoms with Gasteiger partial charge in [0, 0.05) is 13.5 Å². The highest BCUT2D eigenvalue weighted by Gasteiger charge is 2.33. The van der Waals surface area contributed by atoms with Crippen LogP contribution in [0.2, 0.25) is 0 Å². The van der Waals surface area contributed by atoms with Gasteiger partial charge in [0.25, 0.3) is 0 Å². The second-order valence-corrected chi connectivity index (χ2v) is 5.17. The van der Waals surface area contributed by atoms with E-state index >= 15 is 0 Å². The lowest BCUT2D eigenvalue weighted by atomic mass is 9.83. The summed E-state index contributed by atoms with van der Waals surface area (Å²) in [6.45, 7) is 0. The molecule has 2 rings (SSSR count). The zero-order chi connectivity index (χ0) is 10.7. The van der Waals surface area contributed by atoms with Crippen LogP contribution in [-0.4, -0.2) is 19.0 Å². The highest BCUT2D eigenvalue weighted by Crippen LogP contribution is 2.35. The van der Waals surface area contributed by atoms with Crippen LogP contribution < -0.4 is 0 Å². The van der Waals surface area contributed by atoms with Crippen LogP contribution in [0.4, 0.5) is 0 Å². The minimum absolute atomic E-state index is 0.0918. The molecule has 0 aromatic rings. The number of carbonyl (C=O) groups excluding carboxylic acids is 1. The summed E-state index contributed by atoms with van der Waals surface area (Å²) in [7, 11) is 1.70. The lowest BCUT2D eigenvalue weighted by molar-refractivity contribution is -0.133. The lowest BCUT2D eigenvalue weighted by Crippen LogP contribution is -2.33. The van der Waals surface area contributed by atoms with Crippen LogP contribution in [0.3, 0.4) is 0 Å². The van der Waals surface area contributed by atoms with Gasteiger partial charge in [0.05, 0.1) is 0 Å². The molecule has 0 radical (unpaired) electrons. The quantitative estimate of drug-likeness (QED) is 0.697. The van der Waals surface area contributed by atoms with Gasteiger partial charge in [0.15, 0.2) is 5.78 Å². The number of hydrogen-bond donors (Lipinski definition) is 0. The fraction of sp³-hybridized carbons (Fsp3) is 0.923. The standard InChI is InChI=1S/C13H22O2/c1-15-13(11-5-3-2-4-6-11)12(14)9-10-7-8-10/h10-11,13H,2-9H2,1H3. The van der Waals surface area contributed by atoms with Crippen molar-refractivity contribution < 1.29 is 9.53 Å². The van der Waals surface area contributed by atoms with E-state index in [-0.39, 0.29) is 6.10 Å². The van der Waals surface area contributed by atoms with E-state index in [2.05, 4.69) is 0 Å². The average Bonchev–Trinajstić information content (AvgIpc) is 3.04. The SMILES string of the molecule is COC(C(=O)CC1CC1)C1CCCCC1. The molecule has 15 heavy (non-hydrogen) atoms. The molecule has 0 aliphatic heterocycles. The Kier molecular flexibility index (Phi) is 3.79. The van der Waals surface area contributed by atoms with Gasteiger partial charge in [-0.2, -0.15) is 0 Å². The van der Waals surface area contributed by atoms with Crippen LogP contribution in [0.15, 0.2) is 0 Å². The Morgan fingerprint density at radius 3 is 2.40 bits per heavy atom. The minimum atomic E-state index is -0.0918. The van der Waals surface area contributed by atoms with E-state index in [0.29, 0.717) is 17.6 Å². The number of carbonyl (C=O) groups is 1. The third kappa shape index (κ3) is 3.04. The molecule has 2 heteroatoms. The van der Waals surface area contributed by atoms with Crippen LogP contribution in [0.5, 0.6) is 0 Å². The van der Waals surface area contributed by atoms with Crippen molar-refractivity contribution >= 4 is 5.78 Å². The molecule has 0 spiro atoms. The molecule has 2 aliphatic rings. The summed E-state index contributed by atoms with van der Waals surface area (Å²) in [5.41, 5.74) is 0. The molecule has 0 heterocycles. The van der Waals surface area contributed by atoms with E-state index in [1.54, 1.807) is 7.11 Å². The van der Waals surface area contributed by atoms with E-state index < -0.39 is 0 Å². The van der Waals surface area contributed by atoms with E-state index in [0.717, 1.165) is 6.42 Å². The van der Waals surface area contributed by atoms with Gasteiger partial charge in [-0.15, -0.1) is 0 Å². The lowest BCUT2D eigenvalue weighted by Gasteiger charge is -2.28. The Morgan fingerprint density at radius 2 is 1.87 bits per heavy atom. The predicted molar refractivity (Wildman–Crippen MR) is 59.7 cm³/mol. The highest BCUT2D eigenvalue weighted by atomic mass is 16.5. The first-order valence-electron chi connectivity index (χ1n) is 6.36. The molecular weight excluding hydrogens is 188 g/mol. The number of ketones is 1. The molecule has 86 valence electrons. The van der Waals surface area contributed by atoms with Crippen molar-refractivity contribution in [3.05, 3.63) is 0 Å². The molecule has 0 N–H and O–H groups in total. The van der Waals surface area contributed by atoms with Crippen LogP contribution >= 0.6 is 0 Å². The molecule has 0 bridgehead atoms. The topological polar surface area (TPSA) is 26.3 Å². The number of methoxy groups -OCH3 is 1. The molecule has 2 aliphatic carbocycles. The largest absolute Gasteiger partial charge is 0.373 e. The second kappa shape index (κ2) is 5.11. The van der Waals surface area contributed by atoms with Crippen molar-refractivity contribution in [3.8, 4) is 0 Å². The smallest absolute Gasteiger partial charge is 0.162 e. The van der Waals surface area contributed by atoms with Gasteiger partial charge >= 0.3 is 0 Å². The van der Waals surface area contributed by atoms with Crippen molar-refractivity contribution in [2.45, 2.75) is 57.5 Å². The molecule has 1 atom stereocenters. The summed E-state index contributed by atoms with van der Waals surface area (Å²) in [4.78, 5) is 12.0. The van der Waals surface area contributed by atoms with Gasteiger partial charge in [-0.25, -0.2) is 0 Å². The van der Waals surface area contributed by atoms with Crippen LogP contribution in [0.1, 0.15) is 51.4 Å². The fourth-order valence-corrected chi connectivity index (χ4v) is 2.75. The molecule has 2 nitrogen and oxygen atoms in total. The maximum Gasteiger partial charge on any atom is 0.162 e. The zero-order valence-corrected chi connectivity index (χ0v) is 9.71. The normalized spacial score (nSPS) is 25.1. The van der Waals surface area contributed by atoms with Crippen molar-refractivity contribution in [1.82, 2.24) is 0 Å². The zero-order valence-electron chi connectivity index (χ0n) is 9.71. The predicted octanol–water partition coefficient (Wildman–Crippen LogP) is 2.95. The average molecular weight is 210 g/mol. The van der Waals surface area contributed by atoms with Gasteiger partial charge in [0.2, 0.25) is 0 Å². The first kappa shape index (κ1) is 11.1. The van der Waals surface area contributed by atoms with Crippen LogP contribution in [0.25, 0.3) is 0 Å². The minimum Gasteiger partial charge on any atom is -0.373 e. The maximum absolute atomic E-state index is 12.0. The Bertz CT molecular complexity index is 215. The van der Waals surface area contributed by atoms with Crippen molar-refractivity contribution in [3.63, 3.8) is 0 Å². The molecular formula is C13H22O2. The fourth-order valence-electron chi connectivity index (χ4n) is 2.75. The summed E-state index contributed by atoms with van der Waals surface area (Å²) in [5, 5.41) is 0. The second-order valence-electron chi connectivity index (χ2n) is 5.17. The van der Waals surface area contributed by atoms with Crippen LogP contribution in [0, 0.1) is 11.8 Å². The molecule has 0 saturated heterocycles. The van der Waals surface area contributed by atoms with Gasteiger partial charge < -0.3 is 4.74 Å². The maximum atomic E-state index is 12.0. The van der Waals surface area contributed by atoms with E-state index in [1.165, 1.54) is 44.9 Å². The van der Waals surface area contributed by atoms with Gasteiger partial charge in [-0.1, -0.05) is 19.3 Å². The van der Waals surface area contributed by atoms with Crippen molar-refractivity contribution in [2.75, 3.05) is 7.11 Å². The van der Waals surface area contributed by atoms with Gasteiger partial charge in [0.1, 0.15) is 6.10 Å². The Morgan fingerprint density at radius 1 is 1.20 bits per heavy atom. The summed E-state index contributed by atoms with van der Waals surface area (Å²) in [6.07, 6.45) is 9.47. The number of rotatable bonds is 5. The van der Waals surface area contributed by atoms with Crippen LogP contribution in [-0.2, 0) is 9.53 Å². The highest BCUT2D eigenvalue weighted by molar-refractivity contribution is 5.83. The molecule has 2 fully saturated rings. The van der Waals surface area contributed by atoms with E-state index in [4.69, 9.17) is 4.74 Å². The summed E-state index contributed by atoms with van der Waals surface area (Å²) in [6, 6.07) is 0. The third-order valence-electron chi connectivity index (χ3n) is 3.84. The Labute approximate surface area is 92.4 Å². The number of Topliss-reactive ketones (excluding diaryl/α,β-unsaturated/α-hetero) is 1. The molecule has 0 aromatic heterocycles. The summed E-state index contributed by atoms with van der Waals surface area (Å²) >= 11 is 0. The monoisotopic (exact) mass is 210 g/mol. The molecule has 0 aromatic carbocycles. The van der Waals surface area contributed by atoms with Crippen molar-refractivity contribution in [1.29, 1.82) is 0 Å². The first-order chi connectivity index (χ1) is 7.31. The Hall–Kier alpha value is -0.370. The van der Waals surface area contributed by atoms with Crippen molar-refractivity contribution in [2.24, 2.45) is 11.8 Å². The summed E-state index contributed by atoms with van der Waals surface area (Å²) < 4.78 is 5.43. The van der Waals surface area contributed by atoms with E-state index in [1.807, 2.05) is 0 Å². The molecule has 2 saturated carbocycles. The molecule has 1 unspecified atom stereocenters. The van der Waals surface area contributed by atoms with E-state index in [9.17, 15) is 4.79 Å². The van der Waals surface area contributed by atoms with Gasteiger partial charge in [-0.3, -0.25) is 4.79 Å². The Balaban J connectivity index is 1.85. The number of hydrogen-bond acceptors (Lipinski definition) is 2. The van der Waals surface area contributed by atoms with Gasteiger partial charge in [-0.05, 0) is 37.5 Å². The summed E-state index contributed by atoms with van der Waals surface area (Å²) in [5.74, 6) is 1.57. The number of ether oxygens (including phenoxy) is 1.